The highest BCUT2D eigenvalue weighted by atomic mass is 16.6. The number of hydroxylamine groups is 2. The third-order valence-corrected chi connectivity index (χ3v) is 8.67. The molecule has 0 bridgehead atoms. The summed E-state index contributed by atoms with van der Waals surface area (Å²) in [5.74, 6) is -3.42. The molecule has 0 aromatic carbocycles. The van der Waals surface area contributed by atoms with E-state index < -0.39 is 36.0 Å². The van der Waals surface area contributed by atoms with Gasteiger partial charge < -0.3 is 9.47 Å². The molecule has 0 radical (unpaired) electrons. The topological polar surface area (TPSA) is 110 Å². The van der Waals surface area contributed by atoms with E-state index in [4.69, 9.17) is 9.47 Å². The molecule has 1 rings (SSSR count). The minimum absolute atomic E-state index is 0.105. The minimum Gasteiger partial charge on any atom is -0.447 e. The number of hydrogen-bond acceptors (Lipinski definition) is 7. The second-order valence-electron chi connectivity index (χ2n) is 12.8. The molecule has 8 heteroatoms. The van der Waals surface area contributed by atoms with Crippen molar-refractivity contribution in [3.8, 4) is 0 Å². The van der Waals surface area contributed by atoms with E-state index in [0.29, 0.717) is 12.8 Å². The largest absolute Gasteiger partial charge is 0.447 e. The first kappa shape index (κ1) is 40.1. The van der Waals surface area contributed by atoms with Crippen molar-refractivity contribution in [2.24, 2.45) is 0 Å². The number of carbonyl (C=O) groups excluding carboxylic acids is 4. The van der Waals surface area contributed by atoms with Crippen LogP contribution in [0.5, 0.6) is 0 Å². The Kier molecular flexibility index (Phi) is 24.9. The Labute approximate surface area is 268 Å². The van der Waals surface area contributed by atoms with Crippen molar-refractivity contribution in [1.29, 1.82) is 0 Å². The van der Waals surface area contributed by atoms with E-state index in [-0.39, 0.29) is 17.9 Å². The van der Waals surface area contributed by atoms with Gasteiger partial charge in [-0.05, 0) is 12.8 Å². The Morgan fingerprint density at radius 3 is 0.955 bits per heavy atom. The van der Waals surface area contributed by atoms with Crippen LogP contribution in [0.15, 0.2) is 0 Å². The molecule has 1 fully saturated rings. The van der Waals surface area contributed by atoms with Gasteiger partial charge in [-0.1, -0.05) is 168 Å². The second kappa shape index (κ2) is 27.4. The van der Waals surface area contributed by atoms with Crippen LogP contribution in [0, 0.1) is 0 Å². The lowest BCUT2D eigenvalue weighted by Gasteiger charge is -2.16. The number of rotatable bonds is 30. The molecule has 0 aromatic heterocycles. The van der Waals surface area contributed by atoms with Gasteiger partial charge in [0.25, 0.3) is 11.8 Å². The fraction of sp³-hybridized carbons (Fsp3) is 0.889. The summed E-state index contributed by atoms with van der Waals surface area (Å²) in [5.41, 5.74) is 0. The monoisotopic (exact) mass is 623 g/mol. The van der Waals surface area contributed by atoms with Crippen molar-refractivity contribution < 1.29 is 33.9 Å². The van der Waals surface area contributed by atoms with E-state index in [0.717, 1.165) is 38.5 Å². The van der Waals surface area contributed by atoms with Gasteiger partial charge in [-0.15, -0.1) is 5.06 Å². The first-order valence-corrected chi connectivity index (χ1v) is 18.4. The van der Waals surface area contributed by atoms with Crippen molar-refractivity contribution in [2.45, 2.75) is 206 Å². The standard InChI is InChI=1S/C36H65NO7/c1-3-5-7-9-11-13-15-17-19-21-23-25-27-29-31(38)43-33-34(36(41)37(42)35(33)40)44-32(39)30-28-26-24-22-20-18-16-14-12-10-8-6-4-2/h33-34,42H,3-30H2,1-2H3. The van der Waals surface area contributed by atoms with Crippen molar-refractivity contribution >= 4 is 23.8 Å². The molecule has 256 valence electrons. The maximum Gasteiger partial charge on any atom is 0.306 e. The highest BCUT2D eigenvalue weighted by Gasteiger charge is 2.52. The molecule has 44 heavy (non-hydrogen) atoms. The predicted octanol–water partition coefficient (Wildman–Crippen LogP) is 9.53. The number of ether oxygens (including phenoxy) is 2. The highest BCUT2D eigenvalue weighted by Crippen LogP contribution is 2.21. The average molecular weight is 624 g/mol. The molecule has 2 unspecified atom stereocenters. The third-order valence-electron chi connectivity index (χ3n) is 8.67. The average Bonchev–Trinajstić information content (AvgIpc) is 3.20. The zero-order valence-corrected chi connectivity index (χ0v) is 28.3. The van der Waals surface area contributed by atoms with Crippen LogP contribution >= 0.6 is 0 Å². The molecule has 0 aliphatic carbocycles. The summed E-state index contributed by atoms with van der Waals surface area (Å²) < 4.78 is 10.4. The van der Waals surface area contributed by atoms with Gasteiger partial charge >= 0.3 is 11.9 Å². The van der Waals surface area contributed by atoms with E-state index in [9.17, 15) is 24.4 Å². The SMILES string of the molecule is CCCCCCCCCCCCCCCC(=O)OC1C(=O)N(O)C(=O)C1OC(=O)CCCCCCCCCCCCCCC. The van der Waals surface area contributed by atoms with Crippen molar-refractivity contribution in [3.05, 3.63) is 0 Å². The van der Waals surface area contributed by atoms with Crippen LogP contribution in [0.25, 0.3) is 0 Å². The number of imide groups is 1. The summed E-state index contributed by atoms with van der Waals surface area (Å²) >= 11 is 0. The molecule has 1 aliphatic rings. The van der Waals surface area contributed by atoms with Crippen LogP contribution in [0.3, 0.4) is 0 Å². The van der Waals surface area contributed by atoms with Crippen LogP contribution < -0.4 is 0 Å². The van der Waals surface area contributed by atoms with E-state index in [1.54, 1.807) is 0 Å². The first-order valence-electron chi connectivity index (χ1n) is 18.4. The fourth-order valence-corrected chi connectivity index (χ4v) is 5.81. The van der Waals surface area contributed by atoms with E-state index in [1.807, 2.05) is 0 Å². The van der Waals surface area contributed by atoms with Crippen LogP contribution in [0.2, 0.25) is 0 Å². The minimum atomic E-state index is -1.63. The molecular formula is C36H65NO7. The number of unbranched alkanes of at least 4 members (excludes halogenated alkanes) is 24. The van der Waals surface area contributed by atoms with Gasteiger partial charge in [-0.25, -0.2) is 0 Å². The maximum absolute atomic E-state index is 12.4. The Hall–Kier alpha value is -1.96. The van der Waals surface area contributed by atoms with Gasteiger partial charge in [0.15, 0.2) is 0 Å². The molecular weight excluding hydrogens is 558 g/mol. The predicted molar refractivity (Wildman–Crippen MR) is 174 cm³/mol. The summed E-state index contributed by atoms with van der Waals surface area (Å²) in [6.07, 6.45) is 27.8. The lowest BCUT2D eigenvalue weighted by molar-refractivity contribution is -0.177. The van der Waals surface area contributed by atoms with Crippen molar-refractivity contribution in [3.63, 3.8) is 0 Å². The molecule has 2 amide bonds. The number of nitrogens with zero attached hydrogens (tertiary/aromatic N) is 1. The zero-order valence-electron chi connectivity index (χ0n) is 28.3. The Bertz CT molecular complexity index is 710. The number of amides is 2. The smallest absolute Gasteiger partial charge is 0.306 e. The lowest BCUT2D eigenvalue weighted by atomic mass is 10.0. The number of esters is 2. The second-order valence-corrected chi connectivity index (χ2v) is 12.8. The Balaban J connectivity index is 2.14. The van der Waals surface area contributed by atoms with Gasteiger partial charge in [0.2, 0.25) is 12.2 Å². The Morgan fingerprint density at radius 2 is 0.705 bits per heavy atom. The molecule has 1 aliphatic heterocycles. The quantitative estimate of drug-likeness (QED) is 0.0367. The summed E-state index contributed by atoms with van der Waals surface area (Å²) in [6, 6.07) is 0. The lowest BCUT2D eigenvalue weighted by Crippen LogP contribution is -2.37. The maximum atomic E-state index is 12.4. The summed E-state index contributed by atoms with van der Waals surface area (Å²) in [7, 11) is 0. The first-order chi connectivity index (χ1) is 21.4. The van der Waals surface area contributed by atoms with Crippen LogP contribution in [-0.2, 0) is 28.7 Å². The molecule has 0 aromatic rings. The normalized spacial score (nSPS) is 16.6. The van der Waals surface area contributed by atoms with Crippen LogP contribution in [0.4, 0.5) is 0 Å². The molecule has 2 atom stereocenters. The van der Waals surface area contributed by atoms with Crippen molar-refractivity contribution in [2.75, 3.05) is 0 Å². The van der Waals surface area contributed by atoms with Crippen LogP contribution in [-0.4, -0.2) is 46.2 Å². The summed E-state index contributed by atoms with van der Waals surface area (Å²) in [4.78, 5) is 49.4. The summed E-state index contributed by atoms with van der Waals surface area (Å²) in [6.45, 7) is 4.48. The van der Waals surface area contributed by atoms with E-state index >= 15 is 0 Å². The van der Waals surface area contributed by atoms with Gasteiger partial charge in [0, 0.05) is 12.8 Å². The molecule has 1 N–H and O–H groups in total. The molecule has 0 saturated carbocycles. The fourth-order valence-electron chi connectivity index (χ4n) is 5.81. The van der Waals surface area contributed by atoms with Gasteiger partial charge in [0.05, 0.1) is 0 Å². The summed E-state index contributed by atoms with van der Waals surface area (Å²) in [5, 5.41) is 9.68. The number of hydrogen-bond donors (Lipinski definition) is 1. The molecule has 0 spiro atoms. The molecule has 1 saturated heterocycles. The third kappa shape index (κ3) is 19.4. The molecule has 8 nitrogen and oxygen atoms in total. The van der Waals surface area contributed by atoms with Crippen molar-refractivity contribution in [1.82, 2.24) is 5.06 Å². The molecule has 1 heterocycles. The van der Waals surface area contributed by atoms with Gasteiger partial charge in [0.1, 0.15) is 0 Å². The number of carbonyl (C=O) groups is 4. The van der Waals surface area contributed by atoms with Gasteiger partial charge in [-0.2, -0.15) is 0 Å². The highest BCUT2D eigenvalue weighted by molar-refractivity contribution is 6.08. The van der Waals surface area contributed by atoms with Gasteiger partial charge in [-0.3, -0.25) is 24.4 Å². The van der Waals surface area contributed by atoms with Crippen LogP contribution in [0.1, 0.15) is 194 Å². The Morgan fingerprint density at radius 1 is 0.477 bits per heavy atom. The zero-order chi connectivity index (χ0) is 32.3. The van der Waals surface area contributed by atoms with E-state index in [2.05, 4.69) is 13.8 Å². The van der Waals surface area contributed by atoms with E-state index in [1.165, 1.54) is 116 Å².